The summed E-state index contributed by atoms with van der Waals surface area (Å²) in [5, 5.41) is 4.86. The molecule has 3 nitrogen and oxygen atoms in total. The Morgan fingerprint density at radius 3 is 3.11 bits per heavy atom. The van der Waals surface area contributed by atoms with Crippen LogP contribution in [-0.2, 0) is 11.2 Å². The van der Waals surface area contributed by atoms with Gasteiger partial charge in [-0.25, -0.2) is 0 Å². The molecule has 94 valence electrons. The Morgan fingerprint density at radius 1 is 1.33 bits per heavy atom. The summed E-state index contributed by atoms with van der Waals surface area (Å²) < 4.78 is 11.7. The predicted molar refractivity (Wildman–Crippen MR) is 69.9 cm³/mol. The van der Waals surface area contributed by atoms with Gasteiger partial charge >= 0.3 is 0 Å². The highest BCUT2D eigenvalue weighted by Crippen LogP contribution is 2.42. The van der Waals surface area contributed by atoms with E-state index < -0.39 is 0 Å². The van der Waals surface area contributed by atoms with E-state index in [9.17, 15) is 0 Å². The van der Waals surface area contributed by atoms with Crippen LogP contribution in [0.5, 0.6) is 0 Å². The molecule has 0 spiro atoms. The number of fused-ring (bicyclic) bond motifs is 6. The predicted octanol–water partition coefficient (Wildman–Crippen LogP) is 2.45. The van der Waals surface area contributed by atoms with E-state index in [1.807, 2.05) is 6.07 Å². The van der Waals surface area contributed by atoms with E-state index in [2.05, 4.69) is 23.5 Å². The van der Waals surface area contributed by atoms with Crippen LogP contribution in [0.15, 0.2) is 28.7 Å². The quantitative estimate of drug-likeness (QED) is 0.835. The third-order valence-electron chi connectivity index (χ3n) is 4.41. The number of furan rings is 1. The summed E-state index contributed by atoms with van der Waals surface area (Å²) in [4.78, 5) is 0. The normalized spacial score (nSPS) is 30.4. The number of methoxy groups -OCH3 is 1. The van der Waals surface area contributed by atoms with Gasteiger partial charge in [0, 0.05) is 36.6 Å². The van der Waals surface area contributed by atoms with Crippen LogP contribution in [0.4, 0.5) is 0 Å². The molecule has 2 unspecified atom stereocenters. The largest absolute Gasteiger partial charge is 0.460 e. The molecule has 1 fully saturated rings. The van der Waals surface area contributed by atoms with E-state index in [1.54, 1.807) is 7.11 Å². The number of nitrogens with one attached hydrogen (secondary N) is 1. The first kappa shape index (κ1) is 10.6. The standard InChI is InChI=1S/C15H17NO2/c1-17-14-8-16-9-6-11-10-4-2-3-5-13(10)18-15(11)12(14)7-9/h2-5,9,12,14,16H,6-8H2,1H3/t9?,12?,14-/m1/s1. The molecule has 2 heterocycles. The SMILES string of the molecule is CO[C@@H]1CNC2Cc3c(oc4ccccc34)C1C2. The van der Waals surface area contributed by atoms with Gasteiger partial charge in [0.2, 0.25) is 0 Å². The molecule has 2 aromatic rings. The van der Waals surface area contributed by atoms with Gasteiger partial charge in [-0.3, -0.25) is 0 Å². The summed E-state index contributed by atoms with van der Waals surface area (Å²) >= 11 is 0. The van der Waals surface area contributed by atoms with Crippen LogP contribution in [0.3, 0.4) is 0 Å². The third-order valence-corrected chi connectivity index (χ3v) is 4.41. The minimum atomic E-state index is 0.237. The second kappa shape index (κ2) is 3.84. The summed E-state index contributed by atoms with van der Waals surface area (Å²) in [6.45, 7) is 0.933. The second-order valence-electron chi connectivity index (χ2n) is 5.37. The Labute approximate surface area is 106 Å². The Kier molecular flexibility index (Phi) is 2.26. The first-order valence-corrected chi connectivity index (χ1v) is 6.63. The van der Waals surface area contributed by atoms with Crippen LogP contribution < -0.4 is 5.32 Å². The van der Waals surface area contributed by atoms with Crippen molar-refractivity contribution in [3.05, 3.63) is 35.6 Å². The first-order valence-electron chi connectivity index (χ1n) is 6.63. The Balaban J connectivity index is 1.91. The van der Waals surface area contributed by atoms with E-state index in [0.29, 0.717) is 12.0 Å². The number of hydrogen-bond acceptors (Lipinski definition) is 3. The van der Waals surface area contributed by atoms with Crippen LogP contribution in [0.1, 0.15) is 23.7 Å². The second-order valence-corrected chi connectivity index (χ2v) is 5.37. The highest BCUT2D eigenvalue weighted by molar-refractivity contribution is 5.82. The fourth-order valence-corrected chi connectivity index (χ4v) is 3.52. The average Bonchev–Trinajstić information content (AvgIpc) is 2.78. The molecule has 4 rings (SSSR count). The van der Waals surface area contributed by atoms with E-state index in [-0.39, 0.29) is 6.10 Å². The Bertz CT molecular complexity index is 589. The van der Waals surface area contributed by atoms with Crippen LogP contribution >= 0.6 is 0 Å². The average molecular weight is 243 g/mol. The molecule has 1 aliphatic carbocycles. The highest BCUT2D eigenvalue weighted by Gasteiger charge is 2.40. The molecule has 2 aliphatic rings. The summed E-state index contributed by atoms with van der Waals surface area (Å²) in [6.07, 6.45) is 2.45. The molecule has 0 saturated carbocycles. The van der Waals surface area contributed by atoms with Crippen LogP contribution in [0.25, 0.3) is 11.0 Å². The van der Waals surface area contributed by atoms with E-state index in [4.69, 9.17) is 9.15 Å². The van der Waals surface area contributed by atoms with Crippen molar-refractivity contribution in [3.8, 4) is 0 Å². The summed E-state index contributed by atoms with van der Waals surface area (Å²) in [5.41, 5.74) is 2.41. The molecule has 1 saturated heterocycles. The van der Waals surface area contributed by atoms with E-state index in [1.165, 1.54) is 16.7 Å². The molecular weight excluding hydrogens is 226 g/mol. The van der Waals surface area contributed by atoms with Crippen molar-refractivity contribution >= 4 is 11.0 Å². The van der Waals surface area contributed by atoms with Crippen molar-refractivity contribution in [2.75, 3.05) is 13.7 Å². The molecule has 0 radical (unpaired) electrons. The maximum atomic E-state index is 6.10. The first-order chi connectivity index (χ1) is 8.86. The van der Waals surface area contributed by atoms with Crippen molar-refractivity contribution in [1.82, 2.24) is 5.32 Å². The van der Waals surface area contributed by atoms with Gasteiger partial charge in [0.05, 0.1) is 6.10 Å². The number of benzene rings is 1. The highest BCUT2D eigenvalue weighted by atomic mass is 16.5. The lowest BCUT2D eigenvalue weighted by Crippen LogP contribution is -2.49. The maximum absolute atomic E-state index is 6.10. The Hall–Kier alpha value is -1.32. The van der Waals surface area contributed by atoms with Gasteiger partial charge in [0.25, 0.3) is 0 Å². The minimum absolute atomic E-state index is 0.237. The summed E-state index contributed by atoms with van der Waals surface area (Å²) in [6, 6.07) is 8.93. The van der Waals surface area contributed by atoms with Crippen LogP contribution in [0.2, 0.25) is 0 Å². The van der Waals surface area contributed by atoms with E-state index in [0.717, 1.165) is 25.0 Å². The van der Waals surface area contributed by atoms with Gasteiger partial charge in [-0.05, 0) is 18.9 Å². The summed E-state index contributed by atoms with van der Waals surface area (Å²) in [5.74, 6) is 1.58. The number of piperidine rings is 1. The van der Waals surface area contributed by atoms with Crippen molar-refractivity contribution in [2.45, 2.75) is 30.9 Å². The zero-order valence-electron chi connectivity index (χ0n) is 10.5. The summed E-state index contributed by atoms with van der Waals surface area (Å²) in [7, 11) is 1.80. The van der Waals surface area contributed by atoms with Gasteiger partial charge in [-0.15, -0.1) is 0 Å². The Morgan fingerprint density at radius 2 is 2.22 bits per heavy atom. The van der Waals surface area contributed by atoms with Gasteiger partial charge < -0.3 is 14.5 Å². The molecule has 0 amide bonds. The lowest BCUT2D eigenvalue weighted by atomic mass is 9.78. The molecule has 2 bridgehead atoms. The molecule has 1 aliphatic heterocycles. The van der Waals surface area contributed by atoms with Crippen molar-refractivity contribution in [1.29, 1.82) is 0 Å². The molecule has 1 N–H and O–H groups in total. The maximum Gasteiger partial charge on any atom is 0.134 e. The zero-order chi connectivity index (χ0) is 12.1. The topological polar surface area (TPSA) is 34.4 Å². The van der Waals surface area contributed by atoms with E-state index >= 15 is 0 Å². The van der Waals surface area contributed by atoms with Gasteiger partial charge in [-0.2, -0.15) is 0 Å². The minimum Gasteiger partial charge on any atom is -0.460 e. The smallest absolute Gasteiger partial charge is 0.134 e. The fourth-order valence-electron chi connectivity index (χ4n) is 3.52. The lowest BCUT2D eigenvalue weighted by Gasteiger charge is -2.39. The zero-order valence-corrected chi connectivity index (χ0v) is 10.5. The number of para-hydroxylation sites is 1. The number of rotatable bonds is 1. The van der Waals surface area contributed by atoms with Crippen molar-refractivity contribution in [3.63, 3.8) is 0 Å². The molecule has 3 atom stereocenters. The molecule has 18 heavy (non-hydrogen) atoms. The van der Waals surface area contributed by atoms with Crippen molar-refractivity contribution in [2.24, 2.45) is 0 Å². The molecule has 1 aromatic carbocycles. The third kappa shape index (κ3) is 1.38. The van der Waals surface area contributed by atoms with Crippen LogP contribution in [0, 0.1) is 0 Å². The number of hydrogen-bond donors (Lipinski definition) is 1. The lowest BCUT2D eigenvalue weighted by molar-refractivity contribution is 0.0402. The molecule has 1 aromatic heterocycles. The molecular formula is C15H17NO2. The van der Waals surface area contributed by atoms with Crippen LogP contribution in [-0.4, -0.2) is 25.8 Å². The fraction of sp³-hybridized carbons (Fsp3) is 0.467. The van der Waals surface area contributed by atoms with Crippen molar-refractivity contribution < 1.29 is 9.15 Å². The van der Waals surface area contributed by atoms with Gasteiger partial charge in [-0.1, -0.05) is 18.2 Å². The number of ether oxygens (including phenoxy) is 1. The molecule has 3 heteroatoms. The van der Waals surface area contributed by atoms with Gasteiger partial charge in [0.1, 0.15) is 11.3 Å². The van der Waals surface area contributed by atoms with Gasteiger partial charge in [0.15, 0.2) is 0 Å². The monoisotopic (exact) mass is 243 g/mol.